The molecule has 0 saturated carbocycles. The molecule has 2 nitrogen and oxygen atoms in total. The maximum Gasteiger partial charge on any atom is 0.0234 e. The number of piperazine rings is 1. The van der Waals surface area contributed by atoms with Crippen LogP contribution in [0.2, 0.25) is 0 Å². The average Bonchev–Trinajstić information content (AvgIpc) is 2.60. The highest BCUT2D eigenvalue weighted by Crippen LogP contribution is 2.16. The molecule has 1 atom stereocenters. The van der Waals surface area contributed by atoms with Crippen LogP contribution >= 0.6 is 0 Å². The molecule has 1 fully saturated rings. The van der Waals surface area contributed by atoms with E-state index in [4.69, 9.17) is 0 Å². The van der Waals surface area contributed by atoms with Crippen molar-refractivity contribution in [2.45, 2.75) is 65.8 Å². The topological polar surface area (TPSA) is 6.48 Å². The SMILES string of the molecule is CCC(C)CCCCN1CCN(Cc2ccc(C(C)C)cc2)CC1. The predicted molar refractivity (Wildman–Crippen MR) is 106 cm³/mol. The molecule has 0 spiro atoms. The van der Waals surface area contributed by atoms with Crippen LogP contribution < -0.4 is 0 Å². The third-order valence-electron chi connectivity index (χ3n) is 5.64. The molecule has 1 heterocycles. The Balaban J connectivity index is 1.63. The summed E-state index contributed by atoms with van der Waals surface area (Å²) in [6, 6.07) is 9.23. The Labute approximate surface area is 150 Å². The van der Waals surface area contributed by atoms with Crippen LogP contribution in [0.5, 0.6) is 0 Å². The minimum Gasteiger partial charge on any atom is -0.301 e. The minimum absolute atomic E-state index is 0.628. The van der Waals surface area contributed by atoms with Gasteiger partial charge in [-0.05, 0) is 35.9 Å². The van der Waals surface area contributed by atoms with Gasteiger partial charge in [0.15, 0.2) is 0 Å². The summed E-state index contributed by atoms with van der Waals surface area (Å²) in [5.41, 5.74) is 2.90. The normalized spacial score (nSPS) is 18.2. The maximum absolute atomic E-state index is 2.66. The van der Waals surface area contributed by atoms with Gasteiger partial charge in [-0.15, -0.1) is 0 Å². The molecule has 1 saturated heterocycles. The van der Waals surface area contributed by atoms with Crippen LogP contribution in [0, 0.1) is 5.92 Å². The molecule has 1 aromatic carbocycles. The molecule has 0 radical (unpaired) electrons. The summed E-state index contributed by atoms with van der Waals surface area (Å²) in [4.78, 5) is 5.27. The Kier molecular flexibility index (Phi) is 8.28. The lowest BCUT2D eigenvalue weighted by atomic mass is 10.0. The van der Waals surface area contributed by atoms with Gasteiger partial charge in [0.2, 0.25) is 0 Å². The van der Waals surface area contributed by atoms with Gasteiger partial charge < -0.3 is 4.90 Å². The molecular formula is C22H38N2. The van der Waals surface area contributed by atoms with Gasteiger partial charge in [-0.1, -0.05) is 71.2 Å². The van der Waals surface area contributed by atoms with E-state index in [1.807, 2.05) is 0 Å². The number of unbranched alkanes of at least 4 members (excludes halogenated alkanes) is 1. The first-order valence-electron chi connectivity index (χ1n) is 10.1. The highest BCUT2D eigenvalue weighted by atomic mass is 15.3. The third kappa shape index (κ3) is 6.57. The lowest BCUT2D eigenvalue weighted by Crippen LogP contribution is -2.46. The number of rotatable bonds is 9. The molecule has 2 heteroatoms. The van der Waals surface area contributed by atoms with E-state index in [1.54, 1.807) is 0 Å². The zero-order chi connectivity index (χ0) is 17.4. The summed E-state index contributed by atoms with van der Waals surface area (Å²) >= 11 is 0. The monoisotopic (exact) mass is 330 g/mol. The van der Waals surface area contributed by atoms with E-state index in [1.165, 1.54) is 69.5 Å². The Morgan fingerprint density at radius 2 is 1.50 bits per heavy atom. The van der Waals surface area contributed by atoms with Crippen molar-refractivity contribution in [1.29, 1.82) is 0 Å². The number of benzene rings is 1. The van der Waals surface area contributed by atoms with E-state index in [-0.39, 0.29) is 0 Å². The van der Waals surface area contributed by atoms with Crippen LogP contribution in [-0.2, 0) is 6.54 Å². The standard InChI is InChI=1S/C22H38N2/c1-5-20(4)8-6-7-13-23-14-16-24(17-15-23)18-21-9-11-22(12-10-21)19(2)3/h9-12,19-20H,5-8,13-18H2,1-4H3. The average molecular weight is 331 g/mol. The molecule has 1 aromatic rings. The summed E-state index contributed by atoms with van der Waals surface area (Å²) in [6.45, 7) is 16.5. The van der Waals surface area contributed by atoms with Crippen molar-refractivity contribution in [3.05, 3.63) is 35.4 Å². The summed E-state index contributed by atoms with van der Waals surface area (Å²) < 4.78 is 0. The van der Waals surface area contributed by atoms with Gasteiger partial charge in [-0.3, -0.25) is 4.90 Å². The van der Waals surface area contributed by atoms with E-state index in [9.17, 15) is 0 Å². The minimum atomic E-state index is 0.628. The second-order valence-corrected chi connectivity index (χ2v) is 8.02. The zero-order valence-electron chi connectivity index (χ0n) is 16.4. The first kappa shape index (κ1) is 19.5. The highest BCUT2D eigenvalue weighted by molar-refractivity contribution is 5.24. The van der Waals surface area contributed by atoms with Gasteiger partial charge >= 0.3 is 0 Å². The van der Waals surface area contributed by atoms with Crippen LogP contribution in [0.3, 0.4) is 0 Å². The van der Waals surface area contributed by atoms with E-state index < -0.39 is 0 Å². The van der Waals surface area contributed by atoms with Gasteiger partial charge in [0.05, 0.1) is 0 Å². The molecule has 1 aliphatic heterocycles. The molecule has 24 heavy (non-hydrogen) atoms. The number of nitrogens with zero attached hydrogens (tertiary/aromatic N) is 2. The van der Waals surface area contributed by atoms with Crippen molar-refractivity contribution < 1.29 is 0 Å². The van der Waals surface area contributed by atoms with Crippen molar-refractivity contribution in [2.75, 3.05) is 32.7 Å². The maximum atomic E-state index is 2.66. The van der Waals surface area contributed by atoms with Crippen LogP contribution in [0.15, 0.2) is 24.3 Å². The van der Waals surface area contributed by atoms with Gasteiger partial charge in [0.25, 0.3) is 0 Å². The van der Waals surface area contributed by atoms with Gasteiger partial charge in [-0.2, -0.15) is 0 Å². The van der Waals surface area contributed by atoms with Crippen LogP contribution in [0.1, 0.15) is 70.4 Å². The fourth-order valence-corrected chi connectivity index (χ4v) is 3.47. The Morgan fingerprint density at radius 3 is 2.08 bits per heavy atom. The summed E-state index contributed by atoms with van der Waals surface area (Å²) in [6.07, 6.45) is 5.51. The van der Waals surface area contributed by atoms with Crippen molar-refractivity contribution in [3.8, 4) is 0 Å². The van der Waals surface area contributed by atoms with Crippen molar-refractivity contribution in [1.82, 2.24) is 9.80 Å². The van der Waals surface area contributed by atoms with Crippen molar-refractivity contribution in [3.63, 3.8) is 0 Å². The second kappa shape index (κ2) is 10.2. The summed E-state index contributed by atoms with van der Waals surface area (Å²) in [5, 5.41) is 0. The molecule has 136 valence electrons. The Morgan fingerprint density at radius 1 is 0.875 bits per heavy atom. The lowest BCUT2D eigenvalue weighted by Gasteiger charge is -2.34. The second-order valence-electron chi connectivity index (χ2n) is 8.02. The molecule has 0 aromatic heterocycles. The Hall–Kier alpha value is -0.860. The van der Waals surface area contributed by atoms with E-state index in [0.717, 1.165) is 12.5 Å². The summed E-state index contributed by atoms with van der Waals surface area (Å²) in [7, 11) is 0. The molecule has 0 amide bonds. The third-order valence-corrected chi connectivity index (χ3v) is 5.64. The first-order valence-corrected chi connectivity index (χ1v) is 10.1. The number of hydrogen-bond donors (Lipinski definition) is 0. The van der Waals surface area contributed by atoms with E-state index in [0.29, 0.717) is 5.92 Å². The first-order chi connectivity index (χ1) is 11.6. The van der Waals surface area contributed by atoms with Gasteiger partial charge in [-0.25, -0.2) is 0 Å². The van der Waals surface area contributed by atoms with Gasteiger partial charge in [0, 0.05) is 32.7 Å². The van der Waals surface area contributed by atoms with E-state index >= 15 is 0 Å². The quantitative estimate of drug-likeness (QED) is 0.578. The van der Waals surface area contributed by atoms with Crippen LogP contribution in [0.25, 0.3) is 0 Å². The molecule has 0 aliphatic carbocycles. The molecule has 2 rings (SSSR count). The zero-order valence-corrected chi connectivity index (χ0v) is 16.4. The molecular weight excluding hydrogens is 292 g/mol. The molecule has 0 bridgehead atoms. The van der Waals surface area contributed by atoms with Crippen molar-refractivity contribution in [2.24, 2.45) is 5.92 Å². The predicted octanol–water partition coefficient (Wildman–Crippen LogP) is 5.14. The van der Waals surface area contributed by atoms with Crippen LogP contribution in [0.4, 0.5) is 0 Å². The highest BCUT2D eigenvalue weighted by Gasteiger charge is 2.16. The van der Waals surface area contributed by atoms with Gasteiger partial charge in [0.1, 0.15) is 0 Å². The molecule has 0 N–H and O–H groups in total. The van der Waals surface area contributed by atoms with Crippen LogP contribution in [-0.4, -0.2) is 42.5 Å². The smallest absolute Gasteiger partial charge is 0.0234 e. The van der Waals surface area contributed by atoms with E-state index in [2.05, 4.69) is 61.8 Å². The fraction of sp³-hybridized carbons (Fsp3) is 0.727. The fourth-order valence-electron chi connectivity index (χ4n) is 3.47. The molecule has 1 aliphatic rings. The Bertz CT molecular complexity index is 444. The number of hydrogen-bond acceptors (Lipinski definition) is 2. The molecule has 1 unspecified atom stereocenters. The summed E-state index contributed by atoms with van der Waals surface area (Å²) in [5.74, 6) is 1.53. The largest absolute Gasteiger partial charge is 0.301 e. The lowest BCUT2D eigenvalue weighted by molar-refractivity contribution is 0.125. The van der Waals surface area contributed by atoms with Crippen molar-refractivity contribution >= 4 is 0 Å².